The summed E-state index contributed by atoms with van der Waals surface area (Å²) >= 11 is 0. The molecule has 12 heavy (non-hydrogen) atoms. The van der Waals surface area contributed by atoms with Crippen LogP contribution in [0.25, 0.3) is 0 Å². The van der Waals surface area contributed by atoms with E-state index in [0.717, 1.165) is 6.08 Å². The Bertz CT molecular complexity index is 160. The van der Waals surface area contributed by atoms with Gasteiger partial charge in [0.15, 0.2) is 0 Å². The lowest BCUT2D eigenvalue weighted by atomic mass is 9.99. The molecule has 0 fully saturated rings. The highest BCUT2D eigenvalue weighted by Gasteiger charge is 2.11. The van der Waals surface area contributed by atoms with Crippen LogP contribution in [0.15, 0.2) is 12.7 Å². The minimum Gasteiger partial charge on any atom is -0.487 e. The third-order valence-corrected chi connectivity index (χ3v) is 1.42. The maximum atomic E-state index is 10.5. The lowest BCUT2D eigenvalue weighted by Gasteiger charge is -2.16. The highest BCUT2D eigenvalue weighted by molar-refractivity contribution is 6.23. The van der Waals surface area contributed by atoms with E-state index in [-0.39, 0.29) is 15.4 Å². The first kappa shape index (κ1) is 11.4. The molecule has 0 N–H and O–H groups in total. The van der Waals surface area contributed by atoms with Crippen molar-refractivity contribution < 1.29 is 13.6 Å². The lowest BCUT2D eigenvalue weighted by molar-refractivity contribution is -0.130. The van der Waals surface area contributed by atoms with Crippen molar-refractivity contribution in [2.24, 2.45) is 5.41 Å². The molecule has 0 aromatic carbocycles. The normalized spacial score (nSPS) is 10.9. The molecule has 0 aromatic rings. The third-order valence-electron chi connectivity index (χ3n) is 0.873. The molecule has 0 amide bonds. The van der Waals surface area contributed by atoms with Crippen molar-refractivity contribution in [3.05, 3.63) is 12.7 Å². The summed E-state index contributed by atoms with van der Waals surface area (Å²) in [6, 6.07) is 0. The minimum atomic E-state index is -0.442. The van der Waals surface area contributed by atoms with Crippen molar-refractivity contribution >= 4 is 16.0 Å². The van der Waals surface area contributed by atoms with Crippen molar-refractivity contribution in [3.63, 3.8) is 0 Å². The highest BCUT2D eigenvalue weighted by atomic mass is 28.3. The molecule has 68 valence electrons. The van der Waals surface area contributed by atoms with Crippen molar-refractivity contribution in [1.82, 2.24) is 0 Å². The molecule has 4 heteroatoms. The zero-order valence-electron chi connectivity index (χ0n) is 7.72. The lowest BCUT2D eigenvalue weighted by Crippen LogP contribution is -2.19. The van der Waals surface area contributed by atoms with Gasteiger partial charge < -0.3 is 8.85 Å². The monoisotopic (exact) mass is 186 g/mol. The average molecular weight is 186 g/mol. The first-order chi connectivity index (χ1) is 5.45. The minimum absolute atomic E-state index is 0.105. The maximum absolute atomic E-state index is 10.5. The third kappa shape index (κ3) is 7.49. The van der Waals surface area contributed by atoms with Crippen LogP contribution in [0.1, 0.15) is 20.8 Å². The molecule has 0 saturated carbocycles. The van der Waals surface area contributed by atoms with E-state index in [0.29, 0.717) is 6.61 Å². The van der Waals surface area contributed by atoms with Gasteiger partial charge in [-0.05, 0) is 5.41 Å². The maximum Gasteiger partial charge on any atom is 0.523 e. The predicted molar refractivity (Wildman–Crippen MR) is 47.5 cm³/mol. The van der Waals surface area contributed by atoms with Crippen LogP contribution in [0.2, 0.25) is 0 Å². The summed E-state index contributed by atoms with van der Waals surface area (Å²) < 4.78 is 9.74. The quantitative estimate of drug-likeness (QED) is 0.377. The van der Waals surface area contributed by atoms with Gasteiger partial charge in [0, 0.05) is 12.7 Å². The molecule has 3 nitrogen and oxygen atoms in total. The summed E-state index contributed by atoms with van der Waals surface area (Å²) in [7, 11) is -0.228. The van der Waals surface area contributed by atoms with E-state index in [1.807, 2.05) is 20.8 Å². The standard InChI is InChI=1S/C8H14O3Si/c1-5-7(9)11-12-10-6-8(2,3)4/h5H,1,6H2,2-4H3. The summed E-state index contributed by atoms with van der Waals surface area (Å²) in [4.78, 5) is 10.5. The number of rotatable bonds is 4. The SMILES string of the molecule is C=CC(=O)O[Si]OCC(C)(C)C. The van der Waals surface area contributed by atoms with Crippen LogP contribution in [0.4, 0.5) is 0 Å². The van der Waals surface area contributed by atoms with E-state index in [9.17, 15) is 4.79 Å². The van der Waals surface area contributed by atoms with Gasteiger partial charge in [0.1, 0.15) is 0 Å². The smallest absolute Gasteiger partial charge is 0.487 e. The molecule has 0 spiro atoms. The second kappa shape index (κ2) is 5.11. The Labute approximate surface area is 75.8 Å². The molecule has 0 aliphatic heterocycles. The second-order valence-electron chi connectivity index (χ2n) is 3.56. The summed E-state index contributed by atoms with van der Waals surface area (Å²) in [5.74, 6) is -0.442. The van der Waals surface area contributed by atoms with Gasteiger partial charge in [-0.15, -0.1) is 0 Å². The Balaban J connectivity index is 3.34. The van der Waals surface area contributed by atoms with Crippen LogP contribution in [0.5, 0.6) is 0 Å². The Kier molecular flexibility index (Phi) is 4.85. The fourth-order valence-electron chi connectivity index (χ4n) is 0.358. The molecule has 0 unspecified atom stereocenters. The molecular weight excluding hydrogens is 172 g/mol. The van der Waals surface area contributed by atoms with Crippen LogP contribution < -0.4 is 0 Å². The molecule has 0 rings (SSSR count). The second-order valence-corrected chi connectivity index (χ2v) is 4.22. The molecule has 0 aliphatic carbocycles. The molecular formula is C8H14O3Si. The predicted octanol–water partition coefficient (Wildman–Crippen LogP) is 1.31. The zero-order chi connectivity index (χ0) is 9.61. The first-order valence-electron chi connectivity index (χ1n) is 3.66. The summed E-state index contributed by atoms with van der Waals surface area (Å²) in [5.41, 5.74) is 0.105. The van der Waals surface area contributed by atoms with Gasteiger partial charge in [0.25, 0.3) is 0 Å². The number of carbonyl (C=O) groups is 1. The van der Waals surface area contributed by atoms with Gasteiger partial charge in [-0.2, -0.15) is 0 Å². The average Bonchev–Trinajstić information content (AvgIpc) is 1.96. The number of hydrogen-bond donors (Lipinski definition) is 0. The van der Waals surface area contributed by atoms with Gasteiger partial charge in [0.2, 0.25) is 0 Å². The first-order valence-corrected chi connectivity index (χ1v) is 4.47. The number of carbonyl (C=O) groups excluding carboxylic acids is 1. The summed E-state index contributed by atoms with van der Waals surface area (Å²) in [6.07, 6.45) is 1.12. The van der Waals surface area contributed by atoms with E-state index < -0.39 is 5.97 Å². The van der Waals surface area contributed by atoms with Gasteiger partial charge in [-0.1, -0.05) is 27.4 Å². The van der Waals surface area contributed by atoms with E-state index in [1.165, 1.54) is 0 Å². The van der Waals surface area contributed by atoms with Crippen LogP contribution in [-0.2, 0) is 13.6 Å². The van der Waals surface area contributed by atoms with E-state index in [1.54, 1.807) is 0 Å². The van der Waals surface area contributed by atoms with Crippen molar-refractivity contribution in [1.29, 1.82) is 0 Å². The van der Waals surface area contributed by atoms with Crippen LogP contribution in [0.3, 0.4) is 0 Å². The zero-order valence-corrected chi connectivity index (χ0v) is 8.72. The fourth-order valence-corrected chi connectivity index (χ4v) is 1.07. The Morgan fingerprint density at radius 3 is 2.58 bits per heavy atom. The van der Waals surface area contributed by atoms with Crippen molar-refractivity contribution in [3.8, 4) is 0 Å². The molecule has 0 bridgehead atoms. The number of hydrogen-bond acceptors (Lipinski definition) is 3. The molecule has 2 radical (unpaired) electrons. The van der Waals surface area contributed by atoms with Crippen molar-refractivity contribution in [2.45, 2.75) is 20.8 Å². The molecule has 0 aromatic heterocycles. The van der Waals surface area contributed by atoms with Gasteiger partial charge in [-0.3, -0.25) is 0 Å². The van der Waals surface area contributed by atoms with E-state index in [2.05, 4.69) is 11.0 Å². The van der Waals surface area contributed by atoms with Crippen LogP contribution >= 0.6 is 0 Å². The summed E-state index contributed by atoms with van der Waals surface area (Å²) in [5, 5.41) is 0. The Hall–Kier alpha value is -0.613. The van der Waals surface area contributed by atoms with Crippen LogP contribution in [-0.4, -0.2) is 22.6 Å². The van der Waals surface area contributed by atoms with E-state index in [4.69, 9.17) is 4.43 Å². The molecule has 0 atom stereocenters. The summed E-state index contributed by atoms with van der Waals surface area (Å²) in [6.45, 7) is 9.99. The topological polar surface area (TPSA) is 35.5 Å². The highest BCUT2D eigenvalue weighted by Crippen LogP contribution is 2.12. The fraction of sp³-hybridized carbons (Fsp3) is 0.625. The Morgan fingerprint density at radius 2 is 2.17 bits per heavy atom. The molecule has 0 saturated heterocycles. The van der Waals surface area contributed by atoms with Gasteiger partial charge in [0.05, 0.1) is 0 Å². The molecule has 0 heterocycles. The van der Waals surface area contributed by atoms with Gasteiger partial charge >= 0.3 is 16.0 Å². The Morgan fingerprint density at radius 1 is 1.58 bits per heavy atom. The largest absolute Gasteiger partial charge is 0.523 e. The van der Waals surface area contributed by atoms with E-state index >= 15 is 0 Å². The van der Waals surface area contributed by atoms with Crippen molar-refractivity contribution in [2.75, 3.05) is 6.61 Å². The molecule has 0 aliphatic rings. The van der Waals surface area contributed by atoms with Crippen LogP contribution in [0, 0.1) is 5.41 Å². The van der Waals surface area contributed by atoms with Gasteiger partial charge in [-0.25, -0.2) is 4.79 Å².